The molecule has 2 aromatic carbocycles. The first-order valence-corrected chi connectivity index (χ1v) is 9.71. The first-order valence-electron chi connectivity index (χ1n) is 9.71. The van der Waals surface area contributed by atoms with E-state index in [-0.39, 0.29) is 23.6 Å². The molecule has 2 nitrogen and oxygen atoms in total. The van der Waals surface area contributed by atoms with Gasteiger partial charge in [-0.05, 0) is 68.2 Å². The van der Waals surface area contributed by atoms with Crippen molar-refractivity contribution >= 4 is 17.1 Å². The predicted molar refractivity (Wildman–Crippen MR) is 106 cm³/mol. The summed E-state index contributed by atoms with van der Waals surface area (Å²) in [6, 6.07) is 8.37. The Morgan fingerprint density at radius 1 is 0.806 bits per heavy atom. The highest BCUT2D eigenvalue weighted by atomic mass is 19.4. The summed E-state index contributed by atoms with van der Waals surface area (Å²) in [7, 11) is 0. The summed E-state index contributed by atoms with van der Waals surface area (Å²) in [6.07, 6.45) is -8.64. The third kappa shape index (κ3) is 4.62. The molecular weight excluding hydrogens is 420 g/mol. The van der Waals surface area contributed by atoms with Crippen molar-refractivity contribution < 1.29 is 31.1 Å². The molecule has 0 unspecified atom stereocenters. The summed E-state index contributed by atoms with van der Waals surface area (Å²) < 4.78 is 77.7. The maximum Gasteiger partial charge on any atom is 0.416 e. The molecule has 0 spiro atoms. The third-order valence-electron chi connectivity index (χ3n) is 5.34. The summed E-state index contributed by atoms with van der Waals surface area (Å²) in [5.74, 6) is -0.358. The van der Waals surface area contributed by atoms with Crippen LogP contribution in [0.5, 0.6) is 0 Å². The molecule has 1 heterocycles. The number of nitrogens with zero attached hydrogens (tertiary/aromatic N) is 1. The Labute approximate surface area is 176 Å². The third-order valence-corrected chi connectivity index (χ3v) is 5.34. The van der Waals surface area contributed by atoms with E-state index in [4.69, 9.17) is 0 Å². The maximum atomic E-state index is 13.3. The number of amides is 1. The van der Waals surface area contributed by atoms with Gasteiger partial charge in [0, 0.05) is 12.1 Å². The zero-order chi connectivity index (χ0) is 23.1. The number of rotatable bonds is 3. The van der Waals surface area contributed by atoms with E-state index in [1.54, 1.807) is 4.90 Å². The van der Waals surface area contributed by atoms with Crippen LogP contribution >= 0.6 is 0 Å². The number of carbonyl (C=O) groups excluding carboxylic acids is 1. The Bertz CT molecular complexity index is 985. The molecule has 3 rings (SSSR count). The van der Waals surface area contributed by atoms with Gasteiger partial charge in [-0.1, -0.05) is 24.3 Å². The van der Waals surface area contributed by atoms with Crippen LogP contribution in [0, 0.1) is 0 Å². The van der Waals surface area contributed by atoms with Crippen LogP contribution in [0.3, 0.4) is 0 Å². The zero-order valence-electron chi connectivity index (χ0n) is 17.1. The van der Waals surface area contributed by atoms with E-state index in [9.17, 15) is 31.1 Å². The number of halogens is 6. The molecule has 0 bridgehead atoms. The number of hydrogen-bond donors (Lipinski definition) is 0. The van der Waals surface area contributed by atoms with Gasteiger partial charge in [0.05, 0.1) is 16.7 Å². The van der Waals surface area contributed by atoms with E-state index in [1.165, 1.54) is 24.3 Å². The number of alkyl halides is 6. The first-order chi connectivity index (χ1) is 14.3. The number of carbonyl (C=O) groups is 1. The average molecular weight is 441 g/mol. The Kier molecular flexibility index (Phi) is 5.95. The fraction of sp³-hybridized carbons (Fsp3) is 0.348. The van der Waals surface area contributed by atoms with Gasteiger partial charge in [-0.25, -0.2) is 0 Å². The quantitative estimate of drug-likeness (QED) is 0.488. The topological polar surface area (TPSA) is 20.3 Å². The maximum absolute atomic E-state index is 13.3. The van der Waals surface area contributed by atoms with Crippen molar-refractivity contribution in [2.45, 2.75) is 51.6 Å². The minimum Gasteiger partial charge on any atom is -0.333 e. The van der Waals surface area contributed by atoms with E-state index < -0.39 is 23.5 Å². The van der Waals surface area contributed by atoms with Gasteiger partial charge >= 0.3 is 12.4 Å². The predicted octanol–water partition coefficient (Wildman–Crippen LogP) is 6.66. The minimum absolute atomic E-state index is 0.152. The molecule has 1 amide bonds. The summed E-state index contributed by atoms with van der Waals surface area (Å²) in [5, 5.41) is 0. The SMILES string of the molecule is CC(C)N1C(=O)C(c2ccc(C(F)(F)F)cc2)=C(c2ccc(C(F)(F)F)cc2)C[C@H]1C. The van der Waals surface area contributed by atoms with Crippen molar-refractivity contribution in [2.75, 3.05) is 0 Å². The molecule has 0 aliphatic carbocycles. The van der Waals surface area contributed by atoms with Crippen LogP contribution in [-0.4, -0.2) is 22.9 Å². The Morgan fingerprint density at radius 2 is 1.23 bits per heavy atom. The van der Waals surface area contributed by atoms with Crippen LogP contribution < -0.4 is 0 Å². The summed E-state index contributed by atoms with van der Waals surface area (Å²) in [4.78, 5) is 15.0. The molecule has 0 radical (unpaired) electrons. The molecule has 8 heteroatoms. The molecule has 0 N–H and O–H groups in total. The van der Waals surface area contributed by atoms with Crippen molar-refractivity contribution in [3.8, 4) is 0 Å². The van der Waals surface area contributed by atoms with Crippen LogP contribution in [-0.2, 0) is 17.1 Å². The van der Waals surface area contributed by atoms with Gasteiger partial charge in [0.1, 0.15) is 0 Å². The molecule has 166 valence electrons. The lowest BCUT2D eigenvalue weighted by Gasteiger charge is -2.39. The van der Waals surface area contributed by atoms with E-state index in [1.807, 2.05) is 20.8 Å². The smallest absolute Gasteiger partial charge is 0.333 e. The molecule has 0 saturated heterocycles. The van der Waals surface area contributed by atoms with Crippen molar-refractivity contribution in [1.82, 2.24) is 4.90 Å². The molecule has 1 aliphatic rings. The molecule has 0 aromatic heterocycles. The van der Waals surface area contributed by atoms with E-state index in [0.717, 1.165) is 24.3 Å². The first kappa shape index (κ1) is 22.9. The monoisotopic (exact) mass is 441 g/mol. The Hall–Kier alpha value is -2.77. The fourth-order valence-corrected chi connectivity index (χ4v) is 3.94. The van der Waals surface area contributed by atoms with Gasteiger partial charge in [0.15, 0.2) is 0 Å². The van der Waals surface area contributed by atoms with Crippen LogP contribution in [0.2, 0.25) is 0 Å². The zero-order valence-corrected chi connectivity index (χ0v) is 17.1. The molecular formula is C23H21F6NO. The average Bonchev–Trinajstić information content (AvgIpc) is 2.66. The second-order valence-electron chi connectivity index (χ2n) is 7.86. The molecule has 1 atom stereocenters. The van der Waals surface area contributed by atoms with Crippen molar-refractivity contribution in [1.29, 1.82) is 0 Å². The summed E-state index contributed by atoms with van der Waals surface area (Å²) >= 11 is 0. The second-order valence-corrected chi connectivity index (χ2v) is 7.86. The second kappa shape index (κ2) is 8.05. The molecule has 2 aromatic rings. The van der Waals surface area contributed by atoms with Gasteiger partial charge in [-0.3, -0.25) is 4.79 Å². The lowest BCUT2D eigenvalue weighted by atomic mass is 9.84. The van der Waals surface area contributed by atoms with Gasteiger partial charge in [-0.15, -0.1) is 0 Å². The van der Waals surface area contributed by atoms with Crippen molar-refractivity contribution in [3.05, 3.63) is 70.8 Å². The van der Waals surface area contributed by atoms with Gasteiger partial charge in [0.25, 0.3) is 5.91 Å². The van der Waals surface area contributed by atoms with Gasteiger partial charge in [0.2, 0.25) is 0 Å². The molecule has 0 fully saturated rings. The lowest BCUT2D eigenvalue weighted by molar-refractivity contribution is -0.138. The van der Waals surface area contributed by atoms with Crippen LogP contribution in [0.4, 0.5) is 26.3 Å². The normalized spacial score (nSPS) is 18.2. The van der Waals surface area contributed by atoms with E-state index in [2.05, 4.69) is 0 Å². The molecule has 31 heavy (non-hydrogen) atoms. The van der Waals surface area contributed by atoms with Gasteiger partial charge in [-0.2, -0.15) is 26.3 Å². The Morgan fingerprint density at radius 3 is 1.61 bits per heavy atom. The largest absolute Gasteiger partial charge is 0.416 e. The Balaban J connectivity index is 2.16. The van der Waals surface area contributed by atoms with E-state index >= 15 is 0 Å². The summed E-state index contributed by atoms with van der Waals surface area (Å²) in [6.45, 7) is 5.51. The van der Waals surface area contributed by atoms with Crippen molar-refractivity contribution in [3.63, 3.8) is 0 Å². The highest BCUT2D eigenvalue weighted by Gasteiger charge is 2.36. The molecule has 1 aliphatic heterocycles. The van der Waals surface area contributed by atoms with Crippen LogP contribution in [0.15, 0.2) is 48.5 Å². The molecule has 0 saturated carbocycles. The minimum atomic E-state index is -4.52. The highest BCUT2D eigenvalue weighted by Crippen LogP contribution is 2.40. The van der Waals surface area contributed by atoms with E-state index in [0.29, 0.717) is 23.1 Å². The summed E-state index contributed by atoms with van der Waals surface area (Å²) in [5.41, 5.74) is -0.197. The fourth-order valence-electron chi connectivity index (χ4n) is 3.94. The van der Waals surface area contributed by atoms with Crippen LogP contribution in [0.25, 0.3) is 11.1 Å². The lowest BCUT2D eigenvalue weighted by Crippen LogP contribution is -2.46. The van der Waals surface area contributed by atoms with Crippen molar-refractivity contribution in [2.24, 2.45) is 0 Å². The van der Waals surface area contributed by atoms with Gasteiger partial charge < -0.3 is 4.90 Å². The van der Waals surface area contributed by atoms with Crippen LogP contribution in [0.1, 0.15) is 49.4 Å². The number of hydrogen-bond acceptors (Lipinski definition) is 1. The highest BCUT2D eigenvalue weighted by molar-refractivity contribution is 6.28. The standard InChI is InChI=1S/C23H21F6NO/c1-13(2)30-14(3)12-19(15-4-8-17(9-5-15)22(24,25)26)20(21(30)31)16-6-10-18(11-7-16)23(27,28)29/h4-11,13-14H,12H2,1-3H3/t14-/m1/s1. The number of benzene rings is 2.